The molecule has 21 heavy (non-hydrogen) atoms. The molecule has 1 aliphatic carbocycles. The molecule has 0 unspecified atom stereocenters. The van der Waals surface area contributed by atoms with Crippen molar-refractivity contribution in [2.45, 2.75) is 65.5 Å². The average Bonchev–Trinajstić information content (AvgIpc) is 3.22. The van der Waals surface area contributed by atoms with Crippen molar-refractivity contribution in [1.82, 2.24) is 19.9 Å². The van der Waals surface area contributed by atoms with Gasteiger partial charge >= 0.3 is 0 Å². The third-order valence-electron chi connectivity index (χ3n) is 5.03. The highest BCUT2D eigenvalue weighted by molar-refractivity contribution is 5.76. The number of aromatic nitrogens is 3. The van der Waals surface area contributed by atoms with Crippen molar-refractivity contribution in [3.63, 3.8) is 0 Å². The Morgan fingerprint density at radius 3 is 2.86 bits per heavy atom. The van der Waals surface area contributed by atoms with Crippen LogP contribution >= 0.6 is 0 Å². The lowest BCUT2D eigenvalue weighted by Crippen LogP contribution is -2.34. The fourth-order valence-electron chi connectivity index (χ4n) is 3.22. The number of amides is 1. The van der Waals surface area contributed by atoms with E-state index < -0.39 is 0 Å². The zero-order chi connectivity index (χ0) is 14.9. The number of aryl methyl sites for hydroxylation is 1. The Balaban J connectivity index is 1.52. The van der Waals surface area contributed by atoms with Crippen LogP contribution in [0.2, 0.25) is 0 Å². The summed E-state index contributed by atoms with van der Waals surface area (Å²) in [5.41, 5.74) is 1.32. The maximum atomic E-state index is 11.8. The molecule has 0 aromatic carbocycles. The van der Waals surface area contributed by atoms with Crippen LogP contribution in [-0.2, 0) is 17.9 Å². The lowest BCUT2D eigenvalue weighted by atomic mass is 9.84. The largest absolute Gasteiger partial charge is 0.337 e. The van der Waals surface area contributed by atoms with Gasteiger partial charge in [0.1, 0.15) is 5.69 Å². The van der Waals surface area contributed by atoms with Gasteiger partial charge in [-0.2, -0.15) is 0 Å². The van der Waals surface area contributed by atoms with E-state index >= 15 is 0 Å². The number of hydrogen-bond acceptors (Lipinski definition) is 3. The first-order chi connectivity index (χ1) is 10.0. The maximum absolute atomic E-state index is 11.8. The topological polar surface area (TPSA) is 51.0 Å². The summed E-state index contributed by atoms with van der Waals surface area (Å²) >= 11 is 0. The molecule has 3 rings (SSSR count). The van der Waals surface area contributed by atoms with Gasteiger partial charge in [0.05, 0.1) is 12.7 Å². The van der Waals surface area contributed by atoms with E-state index in [1.54, 1.807) is 0 Å². The third kappa shape index (κ3) is 3.63. The van der Waals surface area contributed by atoms with Gasteiger partial charge in [-0.1, -0.05) is 19.1 Å². The summed E-state index contributed by atoms with van der Waals surface area (Å²) in [7, 11) is 0. The molecule has 1 saturated heterocycles. The van der Waals surface area contributed by atoms with Gasteiger partial charge < -0.3 is 4.90 Å². The Morgan fingerprint density at radius 2 is 2.14 bits per heavy atom. The minimum atomic E-state index is 0.255. The monoisotopic (exact) mass is 290 g/mol. The Morgan fingerprint density at radius 1 is 1.33 bits per heavy atom. The summed E-state index contributed by atoms with van der Waals surface area (Å²) in [4.78, 5) is 13.7. The van der Waals surface area contributed by atoms with Gasteiger partial charge in [-0.05, 0) is 43.4 Å². The quantitative estimate of drug-likeness (QED) is 0.809. The molecule has 0 N–H and O–H groups in total. The molecule has 1 aliphatic heterocycles. The van der Waals surface area contributed by atoms with Crippen molar-refractivity contribution in [2.75, 3.05) is 6.54 Å². The van der Waals surface area contributed by atoms with Crippen molar-refractivity contribution in [3.8, 4) is 0 Å². The maximum Gasteiger partial charge on any atom is 0.222 e. The lowest BCUT2D eigenvalue weighted by molar-refractivity contribution is -0.133. The highest BCUT2D eigenvalue weighted by Crippen LogP contribution is 2.47. The van der Waals surface area contributed by atoms with Crippen LogP contribution in [0.4, 0.5) is 0 Å². The minimum absolute atomic E-state index is 0.255. The van der Waals surface area contributed by atoms with E-state index in [2.05, 4.69) is 24.2 Å². The summed E-state index contributed by atoms with van der Waals surface area (Å²) < 4.78 is 1.94. The molecule has 5 nitrogen and oxygen atoms in total. The molecule has 1 aromatic rings. The van der Waals surface area contributed by atoms with E-state index in [9.17, 15) is 4.79 Å². The second-order valence-electron chi connectivity index (χ2n) is 7.26. The molecule has 2 heterocycles. The average molecular weight is 290 g/mol. The van der Waals surface area contributed by atoms with E-state index in [1.807, 2.05) is 15.8 Å². The molecule has 0 bridgehead atoms. The fraction of sp³-hybridized carbons (Fsp3) is 0.812. The molecule has 0 radical (unpaired) electrons. The highest BCUT2D eigenvalue weighted by Gasteiger charge is 2.37. The SMILES string of the molecule is CC(C)(CCn1cc(CN2CCCCC2=O)nn1)C1CC1. The number of carbonyl (C=O) groups excluding carboxylic acids is 1. The Hall–Kier alpha value is -1.39. The summed E-state index contributed by atoms with van der Waals surface area (Å²) in [5.74, 6) is 1.15. The van der Waals surface area contributed by atoms with E-state index in [0.29, 0.717) is 18.4 Å². The first-order valence-corrected chi connectivity index (χ1v) is 8.21. The first-order valence-electron chi connectivity index (χ1n) is 8.21. The molecule has 1 amide bonds. The summed E-state index contributed by atoms with van der Waals surface area (Å²) in [6, 6.07) is 0. The van der Waals surface area contributed by atoms with Crippen LogP contribution in [-0.4, -0.2) is 32.3 Å². The Kier molecular flexibility index (Phi) is 4.00. The van der Waals surface area contributed by atoms with E-state index in [1.165, 1.54) is 12.8 Å². The van der Waals surface area contributed by atoms with Gasteiger partial charge in [-0.25, -0.2) is 0 Å². The van der Waals surface area contributed by atoms with Crippen LogP contribution < -0.4 is 0 Å². The van der Waals surface area contributed by atoms with Crippen LogP contribution in [0.5, 0.6) is 0 Å². The summed E-state index contributed by atoms with van der Waals surface area (Å²) in [6.07, 6.45) is 8.73. The molecule has 1 aromatic heterocycles. The van der Waals surface area contributed by atoms with Gasteiger partial charge in [0.15, 0.2) is 0 Å². The zero-order valence-corrected chi connectivity index (χ0v) is 13.2. The fourth-order valence-corrected chi connectivity index (χ4v) is 3.22. The van der Waals surface area contributed by atoms with Crippen LogP contribution in [0.25, 0.3) is 0 Å². The standard InChI is InChI=1S/C16H26N4O/c1-16(2,13-6-7-13)8-10-20-12-14(17-18-20)11-19-9-4-3-5-15(19)21/h12-13H,3-11H2,1-2H3. The molecule has 0 atom stereocenters. The predicted octanol–water partition coefficient (Wildman–Crippen LogP) is 2.62. The number of likely N-dealkylation sites (tertiary alicyclic amines) is 1. The van der Waals surface area contributed by atoms with Crippen molar-refractivity contribution < 1.29 is 4.79 Å². The number of piperidine rings is 1. The third-order valence-corrected chi connectivity index (χ3v) is 5.03. The van der Waals surface area contributed by atoms with Crippen LogP contribution in [0, 0.1) is 11.3 Å². The van der Waals surface area contributed by atoms with Gasteiger partial charge in [-0.3, -0.25) is 9.48 Å². The smallest absolute Gasteiger partial charge is 0.222 e. The van der Waals surface area contributed by atoms with Gasteiger partial charge in [-0.15, -0.1) is 5.10 Å². The summed E-state index contributed by atoms with van der Waals surface area (Å²) in [5, 5.41) is 8.44. The predicted molar refractivity (Wildman–Crippen MR) is 80.4 cm³/mol. The van der Waals surface area contributed by atoms with Crippen LogP contribution in [0.1, 0.15) is 58.1 Å². The molecular formula is C16H26N4O. The molecule has 0 spiro atoms. The zero-order valence-electron chi connectivity index (χ0n) is 13.2. The molecule has 1 saturated carbocycles. The Bertz CT molecular complexity index is 504. The molecule has 2 aliphatic rings. The number of rotatable bonds is 6. The van der Waals surface area contributed by atoms with Crippen LogP contribution in [0.15, 0.2) is 6.20 Å². The lowest BCUT2D eigenvalue weighted by Gasteiger charge is -2.25. The minimum Gasteiger partial charge on any atom is -0.337 e. The van der Waals surface area contributed by atoms with Gasteiger partial charge in [0.2, 0.25) is 5.91 Å². The molecule has 116 valence electrons. The number of nitrogens with zero attached hydrogens (tertiary/aromatic N) is 4. The summed E-state index contributed by atoms with van der Waals surface area (Å²) in [6.45, 7) is 7.11. The van der Waals surface area contributed by atoms with Crippen molar-refractivity contribution in [1.29, 1.82) is 0 Å². The van der Waals surface area contributed by atoms with E-state index in [4.69, 9.17) is 0 Å². The highest BCUT2D eigenvalue weighted by atomic mass is 16.2. The normalized spacial score (nSPS) is 20.1. The van der Waals surface area contributed by atoms with Gasteiger partial charge in [0.25, 0.3) is 0 Å². The van der Waals surface area contributed by atoms with Crippen molar-refractivity contribution in [2.24, 2.45) is 11.3 Å². The number of hydrogen-bond donors (Lipinski definition) is 0. The second kappa shape index (κ2) is 5.78. The molecule has 5 heteroatoms. The van der Waals surface area contributed by atoms with E-state index in [0.717, 1.165) is 44.0 Å². The second-order valence-corrected chi connectivity index (χ2v) is 7.26. The van der Waals surface area contributed by atoms with Crippen molar-refractivity contribution >= 4 is 5.91 Å². The van der Waals surface area contributed by atoms with Crippen molar-refractivity contribution in [3.05, 3.63) is 11.9 Å². The first kappa shape index (κ1) is 14.5. The number of carbonyl (C=O) groups is 1. The Labute approximate surface area is 126 Å². The van der Waals surface area contributed by atoms with Crippen LogP contribution in [0.3, 0.4) is 0 Å². The molecular weight excluding hydrogens is 264 g/mol. The van der Waals surface area contributed by atoms with E-state index in [-0.39, 0.29) is 5.91 Å². The molecule has 2 fully saturated rings. The van der Waals surface area contributed by atoms with Gasteiger partial charge in [0, 0.05) is 19.5 Å².